The van der Waals surface area contributed by atoms with E-state index in [0.717, 1.165) is 11.8 Å². The number of aromatic nitrogens is 4. The number of hydrogen-bond acceptors (Lipinski definition) is 11. The predicted octanol–water partition coefficient (Wildman–Crippen LogP) is 4.71. The van der Waals surface area contributed by atoms with Gasteiger partial charge in [0.05, 0.1) is 11.2 Å². The van der Waals surface area contributed by atoms with Crippen LogP contribution in [-0.4, -0.2) is 49.8 Å². The molecular weight excluding hydrogens is 571 g/mol. The zero-order chi connectivity index (χ0) is 28.6. The van der Waals surface area contributed by atoms with Crippen molar-refractivity contribution in [1.29, 1.82) is 0 Å². The smallest absolute Gasteiger partial charge is 0.403 e. The summed E-state index contributed by atoms with van der Waals surface area (Å²) < 4.78 is 40.2. The molecule has 0 aliphatic carbocycles. The number of aromatic hydroxyl groups is 1. The molecule has 1 saturated heterocycles. The number of halogens is 4. The van der Waals surface area contributed by atoms with Crippen molar-refractivity contribution in [2.45, 2.75) is 28.6 Å². The van der Waals surface area contributed by atoms with Crippen LogP contribution in [0.1, 0.15) is 6.42 Å². The number of anilines is 2. The number of alkyl halides is 3. The number of nitrogens with zero attached hydrogens (tertiary/aromatic N) is 7. The average molecular weight is 592 g/mol. The van der Waals surface area contributed by atoms with Gasteiger partial charge < -0.3 is 21.5 Å². The van der Waals surface area contributed by atoms with Crippen LogP contribution in [0.25, 0.3) is 5.65 Å². The van der Waals surface area contributed by atoms with Gasteiger partial charge in [-0.2, -0.15) is 18.2 Å². The van der Waals surface area contributed by atoms with Gasteiger partial charge in [0.1, 0.15) is 28.2 Å². The zero-order valence-electron chi connectivity index (χ0n) is 20.5. The molecule has 11 nitrogen and oxygen atoms in total. The first-order chi connectivity index (χ1) is 19.0. The molecule has 0 radical (unpaired) electrons. The highest BCUT2D eigenvalue weighted by Gasteiger charge is 2.44. The summed E-state index contributed by atoms with van der Waals surface area (Å²) in [7, 11) is 0. The minimum atomic E-state index is -4.47. The Morgan fingerprint density at radius 1 is 1.18 bits per heavy atom. The Morgan fingerprint density at radius 2 is 1.98 bits per heavy atom. The number of azo groups is 1. The number of fused-ring (bicyclic) bond motifs is 1. The lowest BCUT2D eigenvalue weighted by Gasteiger charge is -2.23. The third-order valence-electron chi connectivity index (χ3n) is 6.29. The fraction of sp³-hybridized carbons (Fsp3) is 0.250. The fourth-order valence-electron chi connectivity index (χ4n) is 4.19. The lowest BCUT2D eigenvalue weighted by Crippen LogP contribution is -2.44. The molecule has 5 N–H and O–H groups in total. The van der Waals surface area contributed by atoms with Crippen molar-refractivity contribution < 1.29 is 18.3 Å². The van der Waals surface area contributed by atoms with Crippen molar-refractivity contribution in [3.63, 3.8) is 0 Å². The minimum Gasteiger partial charge on any atom is -0.491 e. The molecule has 208 valence electrons. The third-order valence-corrected chi connectivity index (χ3v) is 7.86. The molecule has 16 heteroatoms. The van der Waals surface area contributed by atoms with Gasteiger partial charge >= 0.3 is 6.18 Å². The van der Waals surface area contributed by atoms with Crippen LogP contribution in [0.15, 0.2) is 73.7 Å². The SMILES string of the molecule is Nc1nc(N2CCC(C(N)C(F)(F)F)C2)cnc1Sc1cccc(/N=N/c2c(O)nc3ccccn3c2=O)c1Cl. The van der Waals surface area contributed by atoms with Crippen molar-refractivity contribution >= 4 is 52.0 Å². The molecule has 5 rings (SSSR count). The molecule has 1 aliphatic heterocycles. The Kier molecular flexibility index (Phi) is 7.53. The second kappa shape index (κ2) is 10.9. The molecule has 0 spiro atoms. The van der Waals surface area contributed by atoms with Crippen molar-refractivity contribution in [2.24, 2.45) is 21.9 Å². The molecule has 0 saturated carbocycles. The first-order valence-electron chi connectivity index (χ1n) is 11.8. The number of nitrogens with two attached hydrogens (primary N) is 2. The standard InChI is InChI=1S/C24H21ClF3N9O2S/c25-17-13(34-35-18-21(38)33-15-6-1-2-8-37(15)23(18)39)4-3-5-14(17)40-22-20(30)32-16(10-31-22)36-9-7-12(11-36)19(29)24(26,27)28/h1-6,8,10,12,19,38H,7,9,11,29H2,(H2,30,32)/b35-34+. The Bertz CT molecular complexity index is 1670. The summed E-state index contributed by atoms with van der Waals surface area (Å²) in [5.41, 5.74) is 11.0. The lowest BCUT2D eigenvalue weighted by atomic mass is 9.99. The number of pyridine rings is 1. The van der Waals surface area contributed by atoms with Crippen LogP contribution in [0.2, 0.25) is 5.02 Å². The van der Waals surface area contributed by atoms with Gasteiger partial charge in [0, 0.05) is 30.1 Å². The van der Waals surface area contributed by atoms with Gasteiger partial charge in [0.25, 0.3) is 5.56 Å². The quantitative estimate of drug-likeness (QED) is 0.270. The highest BCUT2D eigenvalue weighted by Crippen LogP contribution is 2.40. The molecule has 40 heavy (non-hydrogen) atoms. The van der Waals surface area contributed by atoms with E-state index >= 15 is 0 Å². The number of nitrogen functional groups attached to an aromatic ring is 1. The molecule has 1 aromatic carbocycles. The summed E-state index contributed by atoms with van der Waals surface area (Å²) in [6.45, 7) is 0.436. The number of benzene rings is 1. The molecule has 2 atom stereocenters. The number of rotatable bonds is 6. The Morgan fingerprint density at radius 3 is 2.73 bits per heavy atom. The van der Waals surface area contributed by atoms with E-state index in [9.17, 15) is 23.1 Å². The number of hydrogen-bond donors (Lipinski definition) is 3. The van der Waals surface area contributed by atoms with Crippen LogP contribution >= 0.6 is 23.4 Å². The molecule has 0 amide bonds. The maximum absolute atomic E-state index is 13.0. The van der Waals surface area contributed by atoms with Crippen LogP contribution in [-0.2, 0) is 0 Å². The summed E-state index contributed by atoms with van der Waals surface area (Å²) in [6, 6.07) is 7.86. The summed E-state index contributed by atoms with van der Waals surface area (Å²) in [5.74, 6) is -0.914. The van der Waals surface area contributed by atoms with Crippen LogP contribution in [0.5, 0.6) is 5.88 Å². The average Bonchev–Trinajstić information content (AvgIpc) is 3.40. The normalized spacial score (nSPS) is 16.7. The maximum atomic E-state index is 13.0. The fourth-order valence-corrected chi connectivity index (χ4v) is 5.27. The van der Waals surface area contributed by atoms with Crippen LogP contribution in [0.3, 0.4) is 0 Å². The maximum Gasteiger partial charge on any atom is 0.403 e. The summed E-state index contributed by atoms with van der Waals surface area (Å²) >= 11 is 7.63. The van der Waals surface area contributed by atoms with Gasteiger partial charge in [-0.05, 0) is 30.7 Å². The van der Waals surface area contributed by atoms with Gasteiger partial charge in [-0.3, -0.25) is 9.20 Å². The third kappa shape index (κ3) is 5.52. The van der Waals surface area contributed by atoms with Gasteiger partial charge in [-0.25, -0.2) is 9.97 Å². The van der Waals surface area contributed by atoms with Crippen molar-refractivity contribution in [2.75, 3.05) is 23.7 Å². The van der Waals surface area contributed by atoms with E-state index in [1.54, 1.807) is 41.3 Å². The van der Waals surface area contributed by atoms with Crippen LogP contribution in [0.4, 0.5) is 36.2 Å². The van der Waals surface area contributed by atoms with Crippen LogP contribution < -0.4 is 21.9 Å². The molecule has 4 heterocycles. The van der Waals surface area contributed by atoms with E-state index in [4.69, 9.17) is 23.1 Å². The van der Waals surface area contributed by atoms with E-state index < -0.39 is 29.6 Å². The molecule has 1 fully saturated rings. The molecule has 4 aromatic rings. The summed E-state index contributed by atoms with van der Waals surface area (Å²) in [4.78, 5) is 27.5. The van der Waals surface area contributed by atoms with Crippen LogP contribution in [0, 0.1) is 5.92 Å². The Balaban J connectivity index is 1.34. The van der Waals surface area contributed by atoms with Gasteiger partial charge in [0.15, 0.2) is 5.82 Å². The van der Waals surface area contributed by atoms with Crippen molar-refractivity contribution in [3.05, 3.63) is 64.2 Å². The van der Waals surface area contributed by atoms with E-state index in [1.165, 1.54) is 16.8 Å². The van der Waals surface area contributed by atoms with E-state index in [2.05, 4.69) is 25.2 Å². The molecule has 1 aliphatic rings. The van der Waals surface area contributed by atoms with Crippen molar-refractivity contribution in [3.8, 4) is 5.88 Å². The summed E-state index contributed by atoms with van der Waals surface area (Å²) in [5, 5.41) is 18.6. The Labute approximate surface area is 233 Å². The molecule has 0 bridgehead atoms. The lowest BCUT2D eigenvalue weighted by molar-refractivity contribution is -0.157. The first-order valence-corrected chi connectivity index (χ1v) is 13.0. The largest absolute Gasteiger partial charge is 0.491 e. The predicted molar refractivity (Wildman–Crippen MR) is 144 cm³/mol. The first kappa shape index (κ1) is 27.6. The molecule has 3 aromatic heterocycles. The van der Waals surface area contributed by atoms with E-state index in [1.807, 2.05) is 0 Å². The van der Waals surface area contributed by atoms with Gasteiger partial charge in [-0.1, -0.05) is 35.5 Å². The monoisotopic (exact) mass is 591 g/mol. The van der Waals surface area contributed by atoms with E-state index in [0.29, 0.717) is 22.3 Å². The van der Waals surface area contributed by atoms with Gasteiger partial charge in [-0.15, -0.1) is 10.2 Å². The second-order valence-corrected chi connectivity index (χ2v) is 10.3. The highest BCUT2D eigenvalue weighted by atomic mass is 35.5. The second-order valence-electron chi connectivity index (χ2n) is 8.89. The highest BCUT2D eigenvalue weighted by molar-refractivity contribution is 7.99. The molecular formula is C24H21ClF3N9O2S. The van der Waals surface area contributed by atoms with Crippen molar-refractivity contribution in [1.82, 2.24) is 19.4 Å². The molecule has 2 unspecified atom stereocenters. The van der Waals surface area contributed by atoms with Gasteiger partial charge in [0.2, 0.25) is 11.6 Å². The zero-order valence-corrected chi connectivity index (χ0v) is 22.0. The minimum absolute atomic E-state index is 0.0642. The Hall–Kier alpha value is -3.95. The topological polar surface area (TPSA) is 160 Å². The van der Waals surface area contributed by atoms with E-state index in [-0.39, 0.29) is 40.8 Å². The summed E-state index contributed by atoms with van der Waals surface area (Å²) in [6.07, 6.45) is -1.28.